The largest absolute Gasteiger partial charge is 0.489 e. The molecule has 0 N–H and O–H groups in total. The van der Waals surface area contributed by atoms with Gasteiger partial charge in [0.1, 0.15) is 5.75 Å². The highest BCUT2D eigenvalue weighted by molar-refractivity contribution is 9.10. The summed E-state index contributed by atoms with van der Waals surface area (Å²) in [5.41, 5.74) is 0. The van der Waals surface area contributed by atoms with E-state index in [1.807, 2.05) is 0 Å². The van der Waals surface area contributed by atoms with Gasteiger partial charge in [-0.2, -0.15) is 0 Å². The van der Waals surface area contributed by atoms with Gasteiger partial charge in [0.05, 0.1) is 15.6 Å². The van der Waals surface area contributed by atoms with Crippen molar-refractivity contribution in [2.75, 3.05) is 0 Å². The SMILES string of the molecule is C[C@@H]1CC[C@@H](Oc2ccc(Cl)c(F)c2Br)C1. The molecule has 1 aromatic rings. The molecule has 0 unspecified atom stereocenters. The fourth-order valence-corrected chi connectivity index (χ4v) is 2.75. The van der Waals surface area contributed by atoms with E-state index in [1.54, 1.807) is 6.07 Å². The molecule has 16 heavy (non-hydrogen) atoms. The van der Waals surface area contributed by atoms with Gasteiger partial charge in [-0.15, -0.1) is 0 Å². The number of halogens is 3. The Morgan fingerprint density at radius 1 is 1.44 bits per heavy atom. The van der Waals surface area contributed by atoms with E-state index in [2.05, 4.69) is 22.9 Å². The Morgan fingerprint density at radius 2 is 2.19 bits per heavy atom. The van der Waals surface area contributed by atoms with E-state index in [1.165, 1.54) is 12.5 Å². The monoisotopic (exact) mass is 306 g/mol. The topological polar surface area (TPSA) is 9.23 Å². The lowest BCUT2D eigenvalue weighted by Crippen LogP contribution is -2.12. The Balaban J connectivity index is 2.13. The van der Waals surface area contributed by atoms with Crippen molar-refractivity contribution in [3.8, 4) is 5.75 Å². The molecule has 1 aromatic carbocycles. The molecule has 1 nitrogen and oxygen atoms in total. The maximum atomic E-state index is 13.5. The van der Waals surface area contributed by atoms with Crippen LogP contribution in [0.3, 0.4) is 0 Å². The number of rotatable bonds is 2. The van der Waals surface area contributed by atoms with Gasteiger partial charge < -0.3 is 4.74 Å². The van der Waals surface area contributed by atoms with Gasteiger partial charge in [0.15, 0.2) is 5.82 Å². The second-order valence-corrected chi connectivity index (χ2v) is 5.53. The zero-order chi connectivity index (χ0) is 11.7. The predicted octanol–water partition coefficient (Wildman–Crippen LogP) is 4.81. The molecule has 1 aliphatic rings. The second-order valence-electron chi connectivity index (χ2n) is 4.33. The van der Waals surface area contributed by atoms with Crippen molar-refractivity contribution >= 4 is 27.5 Å². The normalized spacial score (nSPS) is 24.8. The smallest absolute Gasteiger partial charge is 0.159 e. The van der Waals surface area contributed by atoms with E-state index in [9.17, 15) is 4.39 Å². The highest BCUT2D eigenvalue weighted by atomic mass is 79.9. The summed E-state index contributed by atoms with van der Waals surface area (Å²) in [6, 6.07) is 3.23. The van der Waals surface area contributed by atoms with Gasteiger partial charge in [-0.3, -0.25) is 0 Å². The van der Waals surface area contributed by atoms with Crippen molar-refractivity contribution in [2.45, 2.75) is 32.3 Å². The molecule has 0 aliphatic heterocycles. The summed E-state index contributed by atoms with van der Waals surface area (Å²) in [6.45, 7) is 2.21. The summed E-state index contributed by atoms with van der Waals surface area (Å²) >= 11 is 8.83. The molecule has 0 spiro atoms. The van der Waals surface area contributed by atoms with Gasteiger partial charge in [-0.1, -0.05) is 18.5 Å². The van der Waals surface area contributed by atoms with Crippen molar-refractivity contribution in [1.29, 1.82) is 0 Å². The Hall–Kier alpha value is -0.280. The van der Waals surface area contributed by atoms with Crippen molar-refractivity contribution in [3.05, 3.63) is 27.4 Å². The maximum absolute atomic E-state index is 13.5. The first-order valence-corrected chi connectivity index (χ1v) is 6.55. The Morgan fingerprint density at radius 3 is 2.81 bits per heavy atom. The molecule has 88 valence electrons. The van der Waals surface area contributed by atoms with E-state index in [4.69, 9.17) is 16.3 Å². The van der Waals surface area contributed by atoms with E-state index in [-0.39, 0.29) is 11.1 Å². The van der Waals surface area contributed by atoms with Gasteiger partial charge >= 0.3 is 0 Å². The van der Waals surface area contributed by atoms with Gasteiger partial charge in [-0.25, -0.2) is 4.39 Å². The van der Waals surface area contributed by atoms with Crippen LogP contribution >= 0.6 is 27.5 Å². The fraction of sp³-hybridized carbons (Fsp3) is 0.500. The van der Waals surface area contributed by atoms with Crippen LogP contribution in [0.5, 0.6) is 5.75 Å². The number of hydrogen-bond donors (Lipinski definition) is 0. The average Bonchev–Trinajstić information content (AvgIpc) is 2.65. The third-order valence-electron chi connectivity index (χ3n) is 2.94. The molecule has 0 aromatic heterocycles. The van der Waals surface area contributed by atoms with Crippen LogP contribution in [0.1, 0.15) is 26.2 Å². The Kier molecular flexibility index (Phi) is 3.75. The molecule has 4 heteroatoms. The molecule has 1 fully saturated rings. The minimum absolute atomic E-state index is 0.110. The summed E-state index contributed by atoms with van der Waals surface area (Å²) < 4.78 is 19.6. The highest BCUT2D eigenvalue weighted by Gasteiger charge is 2.24. The third-order valence-corrected chi connectivity index (χ3v) is 3.97. The van der Waals surface area contributed by atoms with E-state index in [0.29, 0.717) is 16.1 Å². The molecular formula is C12H13BrClFO. The zero-order valence-corrected chi connectivity index (χ0v) is 11.3. The number of hydrogen-bond acceptors (Lipinski definition) is 1. The zero-order valence-electron chi connectivity index (χ0n) is 8.97. The molecule has 1 saturated carbocycles. The molecule has 0 amide bonds. The molecule has 1 aliphatic carbocycles. The Labute approximate surface area is 108 Å². The van der Waals surface area contributed by atoms with E-state index >= 15 is 0 Å². The first-order chi connectivity index (χ1) is 7.58. The molecule has 0 heterocycles. The average molecular weight is 308 g/mol. The molecule has 0 bridgehead atoms. The van der Waals surface area contributed by atoms with Crippen molar-refractivity contribution < 1.29 is 9.13 Å². The van der Waals surface area contributed by atoms with Crippen molar-refractivity contribution in [2.24, 2.45) is 5.92 Å². The quantitative estimate of drug-likeness (QED) is 0.713. The van der Waals surface area contributed by atoms with Gasteiger partial charge in [0.2, 0.25) is 0 Å². The summed E-state index contributed by atoms with van der Waals surface area (Å²) in [5.74, 6) is 0.784. The number of ether oxygens (including phenoxy) is 1. The summed E-state index contributed by atoms with van der Waals surface area (Å²) in [5, 5.41) is 0.110. The van der Waals surface area contributed by atoms with Crippen LogP contribution in [0.2, 0.25) is 5.02 Å². The summed E-state index contributed by atoms with van der Waals surface area (Å²) in [6.07, 6.45) is 3.46. The maximum Gasteiger partial charge on any atom is 0.159 e. The molecular weight excluding hydrogens is 294 g/mol. The fourth-order valence-electron chi connectivity index (χ4n) is 2.04. The first-order valence-electron chi connectivity index (χ1n) is 5.38. The molecule has 2 atom stereocenters. The van der Waals surface area contributed by atoms with Crippen LogP contribution in [0.25, 0.3) is 0 Å². The highest BCUT2D eigenvalue weighted by Crippen LogP contribution is 2.35. The minimum Gasteiger partial charge on any atom is -0.489 e. The van der Waals surface area contributed by atoms with Crippen molar-refractivity contribution in [3.63, 3.8) is 0 Å². The minimum atomic E-state index is -0.454. The van der Waals surface area contributed by atoms with Gasteiger partial charge in [0, 0.05) is 0 Å². The number of benzene rings is 1. The molecule has 0 radical (unpaired) electrons. The van der Waals surface area contributed by atoms with Crippen LogP contribution < -0.4 is 4.74 Å². The molecule has 0 saturated heterocycles. The second kappa shape index (κ2) is 4.92. The third kappa shape index (κ3) is 2.51. The Bertz CT molecular complexity index is 397. The van der Waals surface area contributed by atoms with Gasteiger partial charge in [0.25, 0.3) is 0 Å². The first kappa shape index (κ1) is 12.2. The van der Waals surface area contributed by atoms with Crippen LogP contribution in [0.4, 0.5) is 4.39 Å². The lowest BCUT2D eigenvalue weighted by molar-refractivity contribution is 0.203. The lowest BCUT2D eigenvalue weighted by atomic mass is 10.1. The van der Waals surface area contributed by atoms with E-state index < -0.39 is 5.82 Å². The van der Waals surface area contributed by atoms with Crippen LogP contribution in [0.15, 0.2) is 16.6 Å². The van der Waals surface area contributed by atoms with Crippen LogP contribution in [-0.4, -0.2) is 6.10 Å². The molecule has 2 rings (SSSR count). The van der Waals surface area contributed by atoms with Crippen molar-refractivity contribution in [1.82, 2.24) is 0 Å². The van der Waals surface area contributed by atoms with Gasteiger partial charge in [-0.05, 0) is 53.2 Å². The standard InChI is InChI=1S/C12H13BrClFO/c1-7-2-3-8(6-7)16-10-5-4-9(14)12(15)11(10)13/h4-5,7-8H,2-3,6H2,1H3/t7-,8-/m1/s1. The summed E-state index contributed by atoms with van der Waals surface area (Å²) in [4.78, 5) is 0. The summed E-state index contributed by atoms with van der Waals surface area (Å²) in [7, 11) is 0. The van der Waals surface area contributed by atoms with Crippen LogP contribution in [0, 0.1) is 11.7 Å². The lowest BCUT2D eigenvalue weighted by Gasteiger charge is -2.15. The van der Waals surface area contributed by atoms with Crippen LogP contribution in [-0.2, 0) is 0 Å². The van der Waals surface area contributed by atoms with E-state index in [0.717, 1.165) is 12.8 Å². The predicted molar refractivity (Wildman–Crippen MR) is 66.5 cm³/mol.